The Morgan fingerprint density at radius 3 is 2.48 bits per heavy atom. The molecule has 0 aliphatic rings. The molecule has 0 fully saturated rings. The highest BCUT2D eigenvalue weighted by molar-refractivity contribution is 5.97. The molecule has 0 amide bonds. The minimum Gasteiger partial charge on any atom is -0.482 e. The summed E-state index contributed by atoms with van der Waals surface area (Å²) < 4.78 is 18.2. The van der Waals surface area contributed by atoms with Crippen LogP contribution >= 0.6 is 0 Å². The smallest absolute Gasteiger partial charge is 0.372 e. The van der Waals surface area contributed by atoms with E-state index in [0.717, 1.165) is 10.8 Å². The van der Waals surface area contributed by atoms with Crippen LogP contribution in [0.2, 0.25) is 0 Å². The summed E-state index contributed by atoms with van der Waals surface area (Å²) in [6, 6.07) is 18.7. The number of hydrogen-bond donors (Lipinski definition) is 1. The molecule has 0 radical (unpaired) electrons. The van der Waals surface area contributed by atoms with E-state index in [1.807, 2.05) is 36.4 Å². The molecular formula is C19H15FN2O3. The van der Waals surface area contributed by atoms with E-state index < -0.39 is 11.8 Å². The Morgan fingerprint density at radius 1 is 1.00 bits per heavy atom. The zero-order valence-corrected chi connectivity index (χ0v) is 13.2. The quantitative estimate of drug-likeness (QED) is 0.335. The van der Waals surface area contributed by atoms with Gasteiger partial charge in [0.2, 0.25) is 0 Å². The first-order valence-corrected chi connectivity index (χ1v) is 7.53. The molecule has 0 aliphatic heterocycles. The molecule has 126 valence electrons. The number of benzene rings is 3. The van der Waals surface area contributed by atoms with E-state index in [1.54, 1.807) is 6.07 Å². The summed E-state index contributed by atoms with van der Waals surface area (Å²) in [6.45, 7) is -0.307. The van der Waals surface area contributed by atoms with Gasteiger partial charge in [0, 0.05) is 5.56 Å². The van der Waals surface area contributed by atoms with Crippen molar-refractivity contribution in [3.05, 3.63) is 78.1 Å². The molecule has 0 bridgehead atoms. The van der Waals surface area contributed by atoms with Crippen LogP contribution < -0.4 is 10.5 Å². The second kappa shape index (κ2) is 7.44. The number of nitrogens with two attached hydrogens (primary N) is 1. The lowest BCUT2D eigenvalue weighted by molar-refractivity contribution is -0.146. The topological polar surface area (TPSA) is 73.9 Å². The Morgan fingerprint density at radius 2 is 1.72 bits per heavy atom. The van der Waals surface area contributed by atoms with Crippen molar-refractivity contribution >= 4 is 22.6 Å². The average molecular weight is 338 g/mol. The van der Waals surface area contributed by atoms with Gasteiger partial charge in [-0.1, -0.05) is 35.5 Å². The van der Waals surface area contributed by atoms with Gasteiger partial charge in [0.1, 0.15) is 11.6 Å². The first-order valence-electron chi connectivity index (χ1n) is 7.53. The Labute approximate surface area is 143 Å². The standard InChI is InChI=1S/C19H15FN2O3/c20-16-8-5-14(6-9-16)19(21)22-25-18(23)12-24-17-10-7-13-3-1-2-4-15(13)11-17/h1-11H,12H2,(H2,21,22). The maximum absolute atomic E-state index is 12.8. The van der Waals surface area contributed by atoms with Gasteiger partial charge in [-0.15, -0.1) is 0 Å². The van der Waals surface area contributed by atoms with Gasteiger partial charge in [0.25, 0.3) is 0 Å². The van der Waals surface area contributed by atoms with Gasteiger partial charge in [-0.2, -0.15) is 0 Å². The summed E-state index contributed by atoms with van der Waals surface area (Å²) in [6.07, 6.45) is 0. The molecule has 0 aliphatic carbocycles. The normalized spacial score (nSPS) is 11.3. The third-order valence-electron chi connectivity index (χ3n) is 3.46. The van der Waals surface area contributed by atoms with E-state index in [0.29, 0.717) is 11.3 Å². The third kappa shape index (κ3) is 4.32. The lowest BCUT2D eigenvalue weighted by Crippen LogP contribution is -2.18. The third-order valence-corrected chi connectivity index (χ3v) is 3.46. The molecule has 3 aromatic carbocycles. The van der Waals surface area contributed by atoms with Crippen molar-refractivity contribution in [2.24, 2.45) is 10.9 Å². The van der Waals surface area contributed by atoms with Crippen molar-refractivity contribution in [2.75, 3.05) is 6.61 Å². The second-order valence-corrected chi connectivity index (χ2v) is 5.24. The van der Waals surface area contributed by atoms with Crippen LogP contribution in [0.5, 0.6) is 5.75 Å². The summed E-state index contributed by atoms with van der Waals surface area (Å²) in [5, 5.41) is 5.61. The van der Waals surface area contributed by atoms with Crippen molar-refractivity contribution < 1.29 is 18.8 Å². The molecule has 3 rings (SSSR count). The van der Waals surface area contributed by atoms with Crippen LogP contribution in [0.3, 0.4) is 0 Å². The van der Waals surface area contributed by atoms with Gasteiger partial charge in [-0.05, 0) is 47.2 Å². The monoisotopic (exact) mass is 338 g/mol. The van der Waals surface area contributed by atoms with E-state index in [2.05, 4.69) is 5.16 Å². The molecule has 0 spiro atoms. The molecule has 25 heavy (non-hydrogen) atoms. The van der Waals surface area contributed by atoms with Crippen LogP contribution in [-0.2, 0) is 9.63 Å². The van der Waals surface area contributed by atoms with Crippen LogP contribution in [0.1, 0.15) is 5.56 Å². The summed E-state index contributed by atoms with van der Waals surface area (Å²) in [4.78, 5) is 16.4. The van der Waals surface area contributed by atoms with E-state index in [9.17, 15) is 9.18 Å². The van der Waals surface area contributed by atoms with Crippen LogP contribution in [0, 0.1) is 5.82 Å². The summed E-state index contributed by atoms with van der Waals surface area (Å²) in [5.41, 5.74) is 6.12. The van der Waals surface area contributed by atoms with E-state index in [-0.39, 0.29) is 12.4 Å². The number of carbonyl (C=O) groups excluding carboxylic acids is 1. The summed E-state index contributed by atoms with van der Waals surface area (Å²) in [5.74, 6) is -0.569. The number of rotatable bonds is 5. The van der Waals surface area contributed by atoms with Gasteiger partial charge in [-0.25, -0.2) is 9.18 Å². The first kappa shape index (κ1) is 16.4. The predicted octanol–water partition coefficient (Wildman–Crippen LogP) is 3.22. The number of fused-ring (bicyclic) bond motifs is 1. The zero-order chi connectivity index (χ0) is 17.6. The number of oxime groups is 1. The van der Waals surface area contributed by atoms with Crippen molar-refractivity contribution in [1.82, 2.24) is 0 Å². The number of hydrogen-bond acceptors (Lipinski definition) is 4. The van der Waals surface area contributed by atoms with Crippen molar-refractivity contribution in [1.29, 1.82) is 0 Å². The molecule has 5 nitrogen and oxygen atoms in total. The molecule has 2 N–H and O–H groups in total. The fraction of sp³-hybridized carbons (Fsp3) is 0.0526. The van der Waals surface area contributed by atoms with Crippen LogP contribution in [0.4, 0.5) is 4.39 Å². The maximum Gasteiger partial charge on any atom is 0.372 e. The maximum atomic E-state index is 12.8. The van der Waals surface area contributed by atoms with E-state index in [4.69, 9.17) is 15.3 Å². The van der Waals surface area contributed by atoms with Gasteiger partial charge in [0.15, 0.2) is 12.4 Å². The zero-order valence-electron chi connectivity index (χ0n) is 13.2. The van der Waals surface area contributed by atoms with Crippen molar-refractivity contribution in [3.8, 4) is 5.75 Å². The van der Waals surface area contributed by atoms with Crippen LogP contribution in [0.15, 0.2) is 71.9 Å². The largest absolute Gasteiger partial charge is 0.482 e. The number of carbonyl (C=O) groups is 1. The van der Waals surface area contributed by atoms with Crippen LogP contribution in [0.25, 0.3) is 10.8 Å². The molecule has 0 saturated carbocycles. The highest BCUT2D eigenvalue weighted by atomic mass is 19.1. The SMILES string of the molecule is N/C(=N\OC(=O)COc1ccc2ccccc2c1)c1ccc(F)cc1. The fourth-order valence-electron chi connectivity index (χ4n) is 2.20. The summed E-state index contributed by atoms with van der Waals surface area (Å²) in [7, 11) is 0. The molecule has 3 aromatic rings. The highest BCUT2D eigenvalue weighted by Crippen LogP contribution is 2.20. The molecule has 0 saturated heterocycles. The molecule has 6 heteroatoms. The van der Waals surface area contributed by atoms with Gasteiger partial charge in [-0.3, -0.25) is 0 Å². The van der Waals surface area contributed by atoms with Crippen molar-refractivity contribution in [3.63, 3.8) is 0 Å². The predicted molar refractivity (Wildman–Crippen MR) is 92.7 cm³/mol. The number of halogens is 1. The van der Waals surface area contributed by atoms with Crippen LogP contribution in [-0.4, -0.2) is 18.4 Å². The average Bonchev–Trinajstić information content (AvgIpc) is 2.65. The van der Waals surface area contributed by atoms with Gasteiger partial charge in [0.05, 0.1) is 0 Å². The minimum absolute atomic E-state index is 0.0287. The number of nitrogens with zero attached hydrogens (tertiary/aromatic N) is 1. The lowest BCUT2D eigenvalue weighted by Gasteiger charge is -2.06. The minimum atomic E-state index is -0.696. The Hall–Kier alpha value is -3.41. The Balaban J connectivity index is 1.56. The Kier molecular flexibility index (Phi) is 4.89. The molecule has 0 unspecified atom stereocenters. The molecule has 0 atom stereocenters. The number of amidine groups is 1. The summed E-state index contributed by atoms with van der Waals surface area (Å²) >= 11 is 0. The first-order chi connectivity index (χ1) is 12.1. The van der Waals surface area contributed by atoms with E-state index in [1.165, 1.54) is 24.3 Å². The molecular weight excluding hydrogens is 323 g/mol. The highest BCUT2D eigenvalue weighted by Gasteiger charge is 2.06. The Bertz CT molecular complexity index is 923. The molecule has 0 heterocycles. The second-order valence-electron chi connectivity index (χ2n) is 5.24. The van der Waals surface area contributed by atoms with E-state index >= 15 is 0 Å². The van der Waals surface area contributed by atoms with Gasteiger partial charge < -0.3 is 15.3 Å². The number of ether oxygens (including phenoxy) is 1. The van der Waals surface area contributed by atoms with Gasteiger partial charge >= 0.3 is 5.97 Å². The lowest BCUT2D eigenvalue weighted by atomic mass is 10.1. The fourth-order valence-corrected chi connectivity index (χ4v) is 2.20. The van der Waals surface area contributed by atoms with Crippen molar-refractivity contribution in [2.45, 2.75) is 0 Å². The molecule has 0 aromatic heterocycles.